The van der Waals surface area contributed by atoms with Crippen molar-refractivity contribution in [2.75, 3.05) is 5.75 Å². The van der Waals surface area contributed by atoms with E-state index in [9.17, 15) is 4.79 Å². The van der Waals surface area contributed by atoms with Gasteiger partial charge in [-0.25, -0.2) is 0 Å². The van der Waals surface area contributed by atoms with Gasteiger partial charge in [0.1, 0.15) is 12.4 Å². The predicted molar refractivity (Wildman–Crippen MR) is 105 cm³/mol. The van der Waals surface area contributed by atoms with Crippen molar-refractivity contribution in [3.8, 4) is 0 Å². The SMILES string of the molecule is O=C(CSc1nnc(C2CC2)n1Cc1ccccc1)OCc1ccccc1. The molecule has 1 aromatic heterocycles. The minimum absolute atomic E-state index is 0.227. The molecule has 0 N–H and O–H groups in total. The Morgan fingerprint density at radius 2 is 1.67 bits per heavy atom. The molecule has 0 atom stereocenters. The number of thioether (sulfide) groups is 1. The highest BCUT2D eigenvalue weighted by Crippen LogP contribution is 2.40. The molecule has 0 unspecified atom stereocenters. The zero-order valence-electron chi connectivity index (χ0n) is 15.0. The number of hydrogen-bond donors (Lipinski definition) is 0. The molecule has 0 bridgehead atoms. The summed E-state index contributed by atoms with van der Waals surface area (Å²) in [6.45, 7) is 1.02. The van der Waals surface area contributed by atoms with Gasteiger partial charge < -0.3 is 9.30 Å². The quantitative estimate of drug-likeness (QED) is 0.437. The van der Waals surface area contributed by atoms with Gasteiger partial charge in [-0.2, -0.15) is 0 Å². The molecule has 3 aromatic rings. The minimum Gasteiger partial charge on any atom is -0.460 e. The van der Waals surface area contributed by atoms with Crippen LogP contribution in [0.2, 0.25) is 0 Å². The van der Waals surface area contributed by atoms with E-state index in [0.717, 1.165) is 35.9 Å². The first-order valence-electron chi connectivity index (χ1n) is 9.09. The monoisotopic (exact) mass is 379 g/mol. The third-order valence-corrected chi connectivity index (χ3v) is 5.37. The van der Waals surface area contributed by atoms with E-state index in [1.54, 1.807) is 0 Å². The van der Waals surface area contributed by atoms with Crippen LogP contribution in [-0.4, -0.2) is 26.5 Å². The maximum Gasteiger partial charge on any atom is 0.316 e. The summed E-state index contributed by atoms with van der Waals surface area (Å²) >= 11 is 1.39. The second-order valence-electron chi connectivity index (χ2n) is 6.62. The number of carbonyl (C=O) groups is 1. The van der Waals surface area contributed by atoms with Gasteiger partial charge in [-0.1, -0.05) is 72.4 Å². The first kappa shape index (κ1) is 17.8. The van der Waals surface area contributed by atoms with Crippen molar-refractivity contribution in [2.24, 2.45) is 0 Å². The van der Waals surface area contributed by atoms with Gasteiger partial charge in [0, 0.05) is 5.92 Å². The van der Waals surface area contributed by atoms with Gasteiger partial charge in [-0.15, -0.1) is 10.2 Å². The molecule has 4 rings (SSSR count). The Morgan fingerprint density at radius 3 is 2.33 bits per heavy atom. The van der Waals surface area contributed by atoms with E-state index in [2.05, 4.69) is 26.9 Å². The molecule has 0 radical (unpaired) electrons. The fourth-order valence-electron chi connectivity index (χ4n) is 2.87. The molecular formula is C21H21N3O2S. The number of aromatic nitrogens is 3. The van der Waals surface area contributed by atoms with Crippen molar-refractivity contribution in [2.45, 2.75) is 37.1 Å². The summed E-state index contributed by atoms with van der Waals surface area (Å²) in [5, 5.41) is 9.49. The van der Waals surface area contributed by atoms with E-state index >= 15 is 0 Å². The van der Waals surface area contributed by atoms with Gasteiger partial charge in [0.15, 0.2) is 5.16 Å². The number of ether oxygens (including phenoxy) is 1. The molecule has 1 fully saturated rings. The van der Waals surface area contributed by atoms with Crippen LogP contribution in [0.1, 0.15) is 35.7 Å². The van der Waals surface area contributed by atoms with Crippen LogP contribution >= 0.6 is 11.8 Å². The molecule has 138 valence electrons. The van der Waals surface area contributed by atoms with Crippen LogP contribution in [0.3, 0.4) is 0 Å². The molecule has 2 aromatic carbocycles. The topological polar surface area (TPSA) is 57.0 Å². The van der Waals surface area contributed by atoms with E-state index in [1.807, 2.05) is 48.5 Å². The van der Waals surface area contributed by atoms with Crippen LogP contribution in [0, 0.1) is 0 Å². The lowest BCUT2D eigenvalue weighted by Gasteiger charge is -2.10. The van der Waals surface area contributed by atoms with Gasteiger partial charge in [-0.05, 0) is 24.0 Å². The van der Waals surface area contributed by atoms with Crippen molar-refractivity contribution in [3.63, 3.8) is 0 Å². The summed E-state index contributed by atoms with van der Waals surface area (Å²) in [4.78, 5) is 12.1. The van der Waals surface area contributed by atoms with Crippen LogP contribution in [0.25, 0.3) is 0 Å². The van der Waals surface area contributed by atoms with Gasteiger partial charge in [0.25, 0.3) is 0 Å². The Labute approximate surface area is 162 Å². The lowest BCUT2D eigenvalue weighted by molar-refractivity contribution is -0.141. The normalized spacial score (nSPS) is 13.5. The fourth-order valence-corrected chi connectivity index (χ4v) is 3.61. The summed E-state index contributed by atoms with van der Waals surface area (Å²) in [6, 6.07) is 20.0. The number of nitrogens with zero attached hydrogens (tertiary/aromatic N) is 3. The zero-order valence-corrected chi connectivity index (χ0v) is 15.8. The van der Waals surface area contributed by atoms with E-state index in [0.29, 0.717) is 12.5 Å². The molecule has 1 aliphatic rings. The van der Waals surface area contributed by atoms with E-state index < -0.39 is 0 Å². The maximum atomic E-state index is 12.1. The lowest BCUT2D eigenvalue weighted by atomic mass is 10.2. The van der Waals surface area contributed by atoms with E-state index in [1.165, 1.54) is 17.3 Å². The molecule has 27 heavy (non-hydrogen) atoms. The Morgan fingerprint density at radius 1 is 1.00 bits per heavy atom. The zero-order chi connectivity index (χ0) is 18.5. The van der Waals surface area contributed by atoms with Crippen LogP contribution in [0.4, 0.5) is 0 Å². The highest BCUT2D eigenvalue weighted by atomic mass is 32.2. The number of carbonyl (C=O) groups excluding carboxylic acids is 1. The highest BCUT2D eigenvalue weighted by Gasteiger charge is 2.30. The van der Waals surface area contributed by atoms with Gasteiger partial charge in [0.05, 0.1) is 12.3 Å². The van der Waals surface area contributed by atoms with Crippen molar-refractivity contribution >= 4 is 17.7 Å². The van der Waals surface area contributed by atoms with E-state index in [-0.39, 0.29) is 11.7 Å². The van der Waals surface area contributed by atoms with Gasteiger partial charge >= 0.3 is 5.97 Å². The molecule has 0 amide bonds. The molecule has 0 spiro atoms. The summed E-state index contributed by atoms with van der Waals surface area (Å²) in [5.41, 5.74) is 2.19. The van der Waals surface area contributed by atoms with Crippen LogP contribution < -0.4 is 0 Å². The lowest BCUT2D eigenvalue weighted by Crippen LogP contribution is -2.10. The van der Waals surface area contributed by atoms with Gasteiger partial charge in [-0.3, -0.25) is 4.79 Å². The fraction of sp³-hybridized carbons (Fsp3) is 0.286. The average Bonchev–Trinajstić information content (AvgIpc) is 3.48. The molecule has 5 nitrogen and oxygen atoms in total. The molecule has 1 heterocycles. The van der Waals surface area contributed by atoms with Crippen molar-refractivity contribution < 1.29 is 9.53 Å². The smallest absolute Gasteiger partial charge is 0.316 e. The summed E-state index contributed by atoms with van der Waals surface area (Å²) in [5.74, 6) is 1.51. The summed E-state index contributed by atoms with van der Waals surface area (Å²) in [7, 11) is 0. The van der Waals surface area contributed by atoms with Crippen LogP contribution in [0.15, 0.2) is 65.8 Å². The third kappa shape index (κ3) is 4.77. The third-order valence-electron chi connectivity index (χ3n) is 4.43. The average molecular weight is 379 g/mol. The molecule has 0 saturated heterocycles. The maximum absolute atomic E-state index is 12.1. The summed E-state index contributed by atoms with van der Waals surface area (Å²) in [6.07, 6.45) is 2.33. The number of hydrogen-bond acceptors (Lipinski definition) is 5. The molecule has 1 saturated carbocycles. The first-order valence-corrected chi connectivity index (χ1v) is 10.1. The molecule has 6 heteroatoms. The van der Waals surface area contributed by atoms with Crippen LogP contribution in [-0.2, 0) is 22.7 Å². The van der Waals surface area contributed by atoms with E-state index in [4.69, 9.17) is 4.74 Å². The Balaban J connectivity index is 1.39. The Bertz CT molecular complexity index is 892. The molecular weight excluding hydrogens is 358 g/mol. The predicted octanol–water partition coefficient (Wildman–Crippen LogP) is 4.04. The Hall–Kier alpha value is -2.60. The largest absolute Gasteiger partial charge is 0.460 e. The second kappa shape index (κ2) is 8.39. The number of esters is 1. The van der Waals surface area contributed by atoms with Crippen molar-refractivity contribution in [3.05, 3.63) is 77.6 Å². The molecule has 1 aliphatic carbocycles. The highest BCUT2D eigenvalue weighted by molar-refractivity contribution is 7.99. The van der Waals surface area contributed by atoms with Crippen molar-refractivity contribution in [1.82, 2.24) is 14.8 Å². The number of benzene rings is 2. The van der Waals surface area contributed by atoms with Gasteiger partial charge in [0.2, 0.25) is 0 Å². The minimum atomic E-state index is -0.244. The summed E-state index contributed by atoms with van der Waals surface area (Å²) < 4.78 is 7.50. The first-order chi connectivity index (χ1) is 13.3. The van der Waals surface area contributed by atoms with Crippen molar-refractivity contribution in [1.29, 1.82) is 0 Å². The van der Waals surface area contributed by atoms with Crippen LogP contribution in [0.5, 0.6) is 0 Å². The molecule has 0 aliphatic heterocycles. The number of rotatable bonds is 8. The Kier molecular flexibility index (Phi) is 5.53. The standard InChI is InChI=1S/C21H21N3O2S/c25-19(26-14-17-9-5-2-6-10-17)15-27-21-23-22-20(18-11-12-18)24(21)13-16-7-3-1-4-8-16/h1-10,18H,11-15H2. The second-order valence-corrected chi connectivity index (χ2v) is 7.56.